The molecule has 1 unspecified atom stereocenters. The smallest absolute Gasteiger partial charge is 0.192 e. The maximum atomic E-state index is 12.4. The zero-order valence-electron chi connectivity index (χ0n) is 11.0. The first kappa shape index (κ1) is 12.3. The lowest BCUT2D eigenvalue weighted by Crippen LogP contribution is -2.26. The van der Waals surface area contributed by atoms with Crippen LogP contribution in [0.3, 0.4) is 0 Å². The summed E-state index contributed by atoms with van der Waals surface area (Å²) in [5, 5.41) is 0. The van der Waals surface area contributed by atoms with Gasteiger partial charge < -0.3 is 4.74 Å². The number of carbonyl (C=O) groups excluding carboxylic acids is 1. The van der Waals surface area contributed by atoms with Crippen molar-refractivity contribution < 1.29 is 9.53 Å². The summed E-state index contributed by atoms with van der Waals surface area (Å²) in [5.41, 5.74) is 4.29. The highest BCUT2D eigenvalue weighted by Gasteiger charge is 2.37. The fourth-order valence-electron chi connectivity index (χ4n) is 2.29. The van der Waals surface area contributed by atoms with E-state index in [1.165, 1.54) is 11.1 Å². The van der Waals surface area contributed by atoms with Gasteiger partial charge in [0.25, 0.3) is 0 Å². The van der Waals surface area contributed by atoms with E-state index in [0.717, 1.165) is 24.0 Å². The van der Waals surface area contributed by atoms with Gasteiger partial charge in [-0.25, -0.2) is 0 Å². The molecule has 1 aliphatic carbocycles. The first-order chi connectivity index (χ1) is 8.04. The van der Waals surface area contributed by atoms with E-state index in [1.54, 1.807) is 7.11 Å². The van der Waals surface area contributed by atoms with Crippen molar-refractivity contribution in [1.82, 2.24) is 0 Å². The Bertz CT molecular complexity index is 444. The molecule has 2 rings (SSSR count). The molecule has 2 heteroatoms. The molecule has 1 aliphatic rings. The minimum atomic E-state index is -0.240. The fraction of sp³-hybridized carbons (Fsp3) is 0.533. The van der Waals surface area contributed by atoms with Crippen LogP contribution in [-0.4, -0.2) is 19.0 Å². The van der Waals surface area contributed by atoms with Crippen LogP contribution >= 0.6 is 0 Å². The number of carbonyl (C=O) groups is 1. The Labute approximate surface area is 103 Å². The third kappa shape index (κ3) is 2.42. The molecule has 0 bridgehead atoms. The van der Waals surface area contributed by atoms with Gasteiger partial charge >= 0.3 is 0 Å². The van der Waals surface area contributed by atoms with Crippen molar-refractivity contribution in [2.24, 2.45) is 5.92 Å². The predicted molar refractivity (Wildman–Crippen MR) is 68.5 cm³/mol. The Morgan fingerprint density at radius 2 is 1.76 bits per heavy atom. The van der Waals surface area contributed by atoms with Gasteiger partial charge in [0.05, 0.1) is 0 Å². The Balaban J connectivity index is 2.32. The number of methoxy groups -OCH3 is 1. The Morgan fingerprint density at radius 3 is 2.29 bits per heavy atom. The van der Waals surface area contributed by atoms with Crippen molar-refractivity contribution in [3.05, 3.63) is 34.4 Å². The summed E-state index contributed by atoms with van der Waals surface area (Å²) in [6.45, 7) is 6.12. The van der Waals surface area contributed by atoms with Gasteiger partial charge in [-0.05, 0) is 62.3 Å². The number of aryl methyl sites for hydroxylation is 3. The van der Waals surface area contributed by atoms with E-state index in [-0.39, 0.29) is 11.9 Å². The minimum absolute atomic E-state index is 0.149. The zero-order chi connectivity index (χ0) is 12.6. The van der Waals surface area contributed by atoms with E-state index in [9.17, 15) is 4.79 Å². The average molecular weight is 232 g/mol. The van der Waals surface area contributed by atoms with Crippen molar-refractivity contribution in [3.8, 4) is 0 Å². The Kier molecular flexibility index (Phi) is 3.34. The van der Waals surface area contributed by atoms with Gasteiger partial charge in [0.1, 0.15) is 6.10 Å². The monoisotopic (exact) mass is 232 g/mol. The van der Waals surface area contributed by atoms with Gasteiger partial charge in [0.2, 0.25) is 0 Å². The molecule has 0 spiro atoms. The highest BCUT2D eigenvalue weighted by molar-refractivity contribution is 6.01. The van der Waals surface area contributed by atoms with E-state index in [0.29, 0.717) is 5.92 Å². The van der Waals surface area contributed by atoms with Crippen molar-refractivity contribution in [2.75, 3.05) is 7.11 Å². The molecule has 2 nitrogen and oxygen atoms in total. The number of hydrogen-bond donors (Lipinski definition) is 0. The molecule has 1 aromatic carbocycles. The van der Waals surface area contributed by atoms with Gasteiger partial charge in [-0.15, -0.1) is 0 Å². The number of rotatable bonds is 4. The third-order valence-electron chi connectivity index (χ3n) is 3.67. The van der Waals surface area contributed by atoms with Gasteiger partial charge in [-0.1, -0.05) is 6.07 Å². The molecule has 0 heterocycles. The second-order valence-corrected chi connectivity index (χ2v) is 5.11. The largest absolute Gasteiger partial charge is 0.373 e. The number of benzene rings is 1. The highest BCUT2D eigenvalue weighted by atomic mass is 16.5. The molecule has 0 amide bonds. The molecular formula is C15H20O2. The molecule has 0 N–H and O–H groups in total. The lowest BCUT2D eigenvalue weighted by atomic mass is 9.94. The number of ketones is 1. The van der Waals surface area contributed by atoms with Crippen LogP contribution in [0.1, 0.15) is 39.9 Å². The van der Waals surface area contributed by atoms with Crippen LogP contribution < -0.4 is 0 Å². The van der Waals surface area contributed by atoms with Crippen molar-refractivity contribution in [2.45, 2.75) is 39.7 Å². The van der Waals surface area contributed by atoms with Crippen molar-refractivity contribution in [1.29, 1.82) is 0 Å². The summed E-state index contributed by atoms with van der Waals surface area (Å²) in [5.74, 6) is 0.587. The number of ether oxygens (including phenoxy) is 1. The lowest BCUT2D eigenvalue weighted by molar-refractivity contribution is 0.0539. The van der Waals surface area contributed by atoms with Gasteiger partial charge in [-0.2, -0.15) is 0 Å². The summed E-state index contributed by atoms with van der Waals surface area (Å²) >= 11 is 0. The first-order valence-electron chi connectivity index (χ1n) is 6.19. The molecule has 0 aliphatic heterocycles. The van der Waals surface area contributed by atoms with Crippen LogP contribution in [0.4, 0.5) is 0 Å². The van der Waals surface area contributed by atoms with Crippen molar-refractivity contribution in [3.63, 3.8) is 0 Å². The quantitative estimate of drug-likeness (QED) is 0.745. The predicted octanol–water partition coefficient (Wildman–Crippen LogP) is 3.22. The van der Waals surface area contributed by atoms with E-state index >= 15 is 0 Å². The SMILES string of the molecule is COC(C(=O)c1cc(C)c(C)cc1C)C1CC1. The van der Waals surface area contributed by atoms with Crippen LogP contribution in [0.15, 0.2) is 12.1 Å². The van der Waals surface area contributed by atoms with Gasteiger partial charge in [0, 0.05) is 12.7 Å². The zero-order valence-corrected chi connectivity index (χ0v) is 11.0. The second kappa shape index (κ2) is 4.61. The third-order valence-corrected chi connectivity index (χ3v) is 3.67. The van der Waals surface area contributed by atoms with Gasteiger partial charge in [0.15, 0.2) is 5.78 Å². The van der Waals surface area contributed by atoms with E-state index in [2.05, 4.69) is 13.0 Å². The van der Waals surface area contributed by atoms with Gasteiger partial charge in [-0.3, -0.25) is 4.79 Å². The fourth-order valence-corrected chi connectivity index (χ4v) is 2.29. The average Bonchev–Trinajstić information content (AvgIpc) is 3.08. The Hall–Kier alpha value is -1.15. The molecule has 0 saturated heterocycles. The summed E-state index contributed by atoms with van der Waals surface area (Å²) in [6, 6.07) is 4.09. The van der Waals surface area contributed by atoms with Crippen LogP contribution in [-0.2, 0) is 4.74 Å². The maximum Gasteiger partial charge on any atom is 0.192 e. The summed E-state index contributed by atoms with van der Waals surface area (Å²) in [6.07, 6.45) is 2.00. The molecule has 1 atom stereocenters. The second-order valence-electron chi connectivity index (χ2n) is 5.11. The van der Waals surface area contributed by atoms with Crippen molar-refractivity contribution >= 4 is 5.78 Å². The van der Waals surface area contributed by atoms with Crippen LogP contribution in [0.25, 0.3) is 0 Å². The minimum Gasteiger partial charge on any atom is -0.373 e. The summed E-state index contributed by atoms with van der Waals surface area (Å²) in [7, 11) is 1.64. The van der Waals surface area contributed by atoms with Crippen LogP contribution in [0.2, 0.25) is 0 Å². The maximum absolute atomic E-state index is 12.4. The molecule has 17 heavy (non-hydrogen) atoms. The molecule has 0 aromatic heterocycles. The molecule has 0 radical (unpaired) electrons. The molecule has 1 saturated carbocycles. The highest BCUT2D eigenvalue weighted by Crippen LogP contribution is 2.36. The molecule has 1 fully saturated rings. The van der Waals surface area contributed by atoms with E-state index in [4.69, 9.17) is 4.74 Å². The topological polar surface area (TPSA) is 26.3 Å². The van der Waals surface area contributed by atoms with Crippen LogP contribution in [0.5, 0.6) is 0 Å². The summed E-state index contributed by atoms with van der Waals surface area (Å²) < 4.78 is 5.37. The number of Topliss-reactive ketones (excluding diaryl/α,β-unsaturated/α-hetero) is 1. The van der Waals surface area contributed by atoms with Crippen LogP contribution in [0, 0.1) is 26.7 Å². The normalized spacial score (nSPS) is 16.9. The lowest BCUT2D eigenvalue weighted by Gasteiger charge is -2.16. The molecular weight excluding hydrogens is 212 g/mol. The molecule has 92 valence electrons. The van der Waals surface area contributed by atoms with E-state index in [1.807, 2.05) is 19.9 Å². The summed E-state index contributed by atoms with van der Waals surface area (Å²) in [4.78, 5) is 12.4. The number of hydrogen-bond acceptors (Lipinski definition) is 2. The Morgan fingerprint density at radius 1 is 1.18 bits per heavy atom. The standard InChI is InChI=1S/C15H20O2/c1-9-7-11(3)13(8-10(9)2)14(16)15(17-4)12-5-6-12/h7-8,12,15H,5-6H2,1-4H3. The molecule has 1 aromatic rings. The first-order valence-corrected chi connectivity index (χ1v) is 6.19. The van der Waals surface area contributed by atoms with E-state index < -0.39 is 0 Å².